The topological polar surface area (TPSA) is 71.3 Å². The Labute approximate surface area is 182 Å². The number of para-hydroxylation sites is 1. The van der Waals surface area contributed by atoms with Crippen LogP contribution in [0.3, 0.4) is 0 Å². The van der Waals surface area contributed by atoms with Gasteiger partial charge in [0.25, 0.3) is 0 Å². The molecule has 0 radical (unpaired) electrons. The van der Waals surface area contributed by atoms with Gasteiger partial charge < -0.3 is 4.84 Å². The minimum absolute atomic E-state index is 0.216. The Morgan fingerprint density at radius 3 is 2.13 bits per heavy atom. The Bertz CT molecular complexity index is 1250. The molecule has 0 fully saturated rings. The van der Waals surface area contributed by atoms with Gasteiger partial charge in [-0.1, -0.05) is 84.0 Å². The molecule has 0 aromatic heterocycles. The number of hydrogen-bond donors (Lipinski definition) is 0. The van der Waals surface area contributed by atoms with Crippen LogP contribution in [0.2, 0.25) is 0 Å². The predicted octanol–water partition coefficient (Wildman–Crippen LogP) is 4.61. The van der Waals surface area contributed by atoms with Gasteiger partial charge in [-0.3, -0.25) is 4.79 Å². The molecule has 3 aromatic rings. The first kappa shape index (κ1) is 19.0. The fourth-order valence-corrected chi connectivity index (χ4v) is 4.28. The molecule has 0 saturated carbocycles. The number of Topliss-reactive ketones (excluding diaryl/α,β-unsaturated/α-hetero) is 1. The Morgan fingerprint density at radius 2 is 1.45 bits per heavy atom. The molecule has 0 unspecified atom stereocenters. The molecule has 31 heavy (non-hydrogen) atoms. The van der Waals surface area contributed by atoms with Crippen molar-refractivity contribution in [1.29, 1.82) is 0 Å². The molecule has 0 aliphatic carbocycles. The van der Waals surface area contributed by atoms with Crippen molar-refractivity contribution in [3.63, 3.8) is 0 Å². The molecule has 7 heteroatoms. The number of ketones is 1. The van der Waals surface area contributed by atoms with Gasteiger partial charge in [0.15, 0.2) is 5.04 Å². The molecule has 0 saturated heterocycles. The van der Waals surface area contributed by atoms with Crippen molar-refractivity contribution in [2.24, 2.45) is 10.3 Å². The summed E-state index contributed by atoms with van der Waals surface area (Å²) in [6.45, 7) is 0. The number of oxime groups is 1. The molecule has 2 aliphatic heterocycles. The van der Waals surface area contributed by atoms with Crippen LogP contribution in [0.1, 0.15) is 15.9 Å². The molecule has 0 amide bonds. The van der Waals surface area contributed by atoms with E-state index in [1.165, 1.54) is 0 Å². The highest BCUT2D eigenvalue weighted by molar-refractivity contribution is 8.19. The maximum Gasteiger partial charge on any atom is 0.370 e. The number of rotatable bonds is 4. The van der Waals surface area contributed by atoms with Crippen LogP contribution >= 0.6 is 11.8 Å². The molecular formula is C24H15N3O3S. The summed E-state index contributed by atoms with van der Waals surface area (Å²) in [5.41, 5.74) is 2.68. The average Bonchev–Trinajstić information content (AvgIpc) is 3.44. The lowest BCUT2D eigenvalue weighted by atomic mass is 10.0. The Morgan fingerprint density at radius 1 is 0.839 bits per heavy atom. The minimum Gasteiger partial charge on any atom is -0.312 e. The average molecular weight is 425 g/mol. The lowest BCUT2D eigenvalue weighted by Crippen LogP contribution is -2.18. The maximum absolute atomic E-state index is 13.1. The van der Waals surface area contributed by atoms with E-state index in [0.717, 1.165) is 23.0 Å². The number of carbonyl (C=O) groups is 2. The van der Waals surface area contributed by atoms with Crippen LogP contribution in [0.4, 0.5) is 5.69 Å². The Hall–Kier alpha value is -3.97. The van der Waals surface area contributed by atoms with Crippen molar-refractivity contribution in [2.75, 3.05) is 5.01 Å². The van der Waals surface area contributed by atoms with Crippen molar-refractivity contribution < 1.29 is 14.4 Å². The van der Waals surface area contributed by atoms with E-state index in [2.05, 4.69) is 10.3 Å². The van der Waals surface area contributed by atoms with E-state index in [9.17, 15) is 9.59 Å². The van der Waals surface area contributed by atoms with Crippen molar-refractivity contribution in [3.05, 3.63) is 113 Å². The first-order chi connectivity index (χ1) is 15.2. The van der Waals surface area contributed by atoms with E-state index < -0.39 is 5.97 Å². The summed E-state index contributed by atoms with van der Waals surface area (Å²) in [5, 5.41) is 10.9. The highest BCUT2D eigenvalue weighted by Gasteiger charge is 2.38. The summed E-state index contributed by atoms with van der Waals surface area (Å²) >= 11 is 1.14. The predicted molar refractivity (Wildman–Crippen MR) is 121 cm³/mol. The fraction of sp³-hybridized carbons (Fsp3) is 0. The van der Waals surface area contributed by atoms with Gasteiger partial charge in [-0.05, 0) is 23.9 Å². The number of nitrogens with zero attached hydrogens (tertiary/aromatic N) is 3. The molecule has 2 aliphatic rings. The standard InChI is InChI=1S/C24H15N3O3S/c28-21(17-12-6-2-7-13-17)22-25-27(18-14-8-3-9-15-18)23(31-22)19-20(26-30-24(19)29)16-10-4-1-5-11-16/h1-15H. The third kappa shape index (κ3) is 3.55. The molecule has 0 atom stereocenters. The lowest BCUT2D eigenvalue weighted by Gasteiger charge is -2.16. The van der Waals surface area contributed by atoms with Crippen LogP contribution in [0.5, 0.6) is 0 Å². The normalized spacial score (nSPS) is 17.9. The molecule has 5 rings (SSSR count). The van der Waals surface area contributed by atoms with Crippen molar-refractivity contribution in [1.82, 2.24) is 0 Å². The zero-order valence-corrected chi connectivity index (χ0v) is 17.0. The number of hydrogen-bond acceptors (Lipinski definition) is 7. The van der Waals surface area contributed by atoms with E-state index in [-0.39, 0.29) is 16.4 Å². The van der Waals surface area contributed by atoms with Gasteiger partial charge in [0.1, 0.15) is 16.3 Å². The van der Waals surface area contributed by atoms with Gasteiger partial charge in [0, 0.05) is 11.1 Å². The molecule has 0 bridgehead atoms. The number of anilines is 1. The Kier molecular flexibility index (Phi) is 4.93. The molecule has 150 valence electrons. The van der Waals surface area contributed by atoms with Gasteiger partial charge in [-0.2, -0.15) is 5.10 Å². The third-order valence-corrected chi connectivity index (χ3v) is 5.76. The third-order valence-electron chi connectivity index (χ3n) is 4.73. The van der Waals surface area contributed by atoms with Gasteiger partial charge in [0.2, 0.25) is 5.78 Å². The molecular weight excluding hydrogens is 410 g/mol. The largest absolute Gasteiger partial charge is 0.370 e. The summed E-state index contributed by atoms with van der Waals surface area (Å²) in [6.07, 6.45) is 0. The Balaban J connectivity index is 1.63. The number of benzene rings is 3. The smallest absolute Gasteiger partial charge is 0.312 e. The highest BCUT2D eigenvalue weighted by atomic mass is 32.2. The van der Waals surface area contributed by atoms with Crippen molar-refractivity contribution in [3.8, 4) is 0 Å². The summed E-state index contributed by atoms with van der Waals surface area (Å²) in [5.74, 6) is -0.794. The van der Waals surface area contributed by atoms with Crippen LogP contribution in [0.25, 0.3) is 0 Å². The molecule has 2 heterocycles. The monoisotopic (exact) mass is 425 g/mol. The van der Waals surface area contributed by atoms with E-state index >= 15 is 0 Å². The van der Waals surface area contributed by atoms with Crippen LogP contribution in [-0.2, 0) is 9.63 Å². The molecule has 3 aromatic carbocycles. The van der Waals surface area contributed by atoms with Gasteiger partial charge in [-0.15, -0.1) is 0 Å². The highest BCUT2D eigenvalue weighted by Crippen LogP contribution is 2.40. The quantitative estimate of drug-likeness (QED) is 0.347. The second-order valence-electron chi connectivity index (χ2n) is 6.71. The summed E-state index contributed by atoms with van der Waals surface area (Å²) in [6, 6.07) is 27.6. The molecule has 0 N–H and O–H groups in total. The van der Waals surface area contributed by atoms with Gasteiger partial charge >= 0.3 is 5.97 Å². The maximum atomic E-state index is 13.1. The summed E-state index contributed by atoms with van der Waals surface area (Å²) < 4.78 is 0. The van der Waals surface area contributed by atoms with Crippen LogP contribution in [0, 0.1) is 0 Å². The fourth-order valence-electron chi connectivity index (χ4n) is 3.25. The van der Waals surface area contributed by atoms with E-state index in [0.29, 0.717) is 16.3 Å². The van der Waals surface area contributed by atoms with Gasteiger partial charge in [-0.25, -0.2) is 9.80 Å². The lowest BCUT2D eigenvalue weighted by molar-refractivity contribution is -0.136. The second kappa shape index (κ2) is 8.04. The first-order valence-corrected chi connectivity index (χ1v) is 10.3. The summed E-state index contributed by atoms with van der Waals surface area (Å²) in [7, 11) is 0. The first-order valence-electron chi connectivity index (χ1n) is 9.53. The van der Waals surface area contributed by atoms with E-state index in [4.69, 9.17) is 4.84 Å². The number of hydrazone groups is 1. The molecule has 6 nitrogen and oxygen atoms in total. The van der Waals surface area contributed by atoms with Crippen LogP contribution in [-0.4, -0.2) is 22.5 Å². The molecule has 0 spiro atoms. The zero-order chi connectivity index (χ0) is 21.2. The minimum atomic E-state index is -0.578. The second-order valence-corrected chi connectivity index (χ2v) is 7.69. The van der Waals surface area contributed by atoms with Crippen molar-refractivity contribution >= 4 is 40.0 Å². The number of carbonyl (C=O) groups excluding carboxylic acids is 2. The van der Waals surface area contributed by atoms with Gasteiger partial charge in [0.05, 0.1) is 5.69 Å². The number of thioether (sulfide) groups is 1. The van der Waals surface area contributed by atoms with Crippen LogP contribution in [0.15, 0.2) is 112 Å². The zero-order valence-electron chi connectivity index (χ0n) is 16.1. The van der Waals surface area contributed by atoms with E-state index in [1.807, 2.05) is 66.7 Å². The van der Waals surface area contributed by atoms with Crippen molar-refractivity contribution in [2.45, 2.75) is 0 Å². The van der Waals surface area contributed by atoms with E-state index in [1.54, 1.807) is 29.3 Å². The SMILES string of the molecule is O=C1ON=C(c2ccccc2)C1=C1SC(C(=O)c2ccccc2)=NN1c1ccccc1. The summed E-state index contributed by atoms with van der Waals surface area (Å²) in [4.78, 5) is 30.8. The van der Waals surface area contributed by atoms with Crippen LogP contribution < -0.4 is 5.01 Å².